The number of carbonyl (C=O) groups is 2. The zero-order chi connectivity index (χ0) is 25.1. The summed E-state index contributed by atoms with van der Waals surface area (Å²) in [5, 5.41) is 15.6. The third-order valence-corrected chi connectivity index (χ3v) is 6.48. The van der Waals surface area contributed by atoms with Crippen LogP contribution < -0.4 is 15.7 Å². The lowest BCUT2D eigenvalue weighted by Crippen LogP contribution is -2.35. The lowest BCUT2D eigenvalue weighted by atomic mass is 9.92. The SMILES string of the molecule is COc1ccc(-c2[nH]c(=O)n([C@H](C(=O)Nc3nc(C(C)=O)cs3)[C@@H](C)c3ccccc3)c2O)cc1. The van der Waals surface area contributed by atoms with Gasteiger partial charge >= 0.3 is 5.69 Å². The van der Waals surface area contributed by atoms with Crippen molar-refractivity contribution in [3.8, 4) is 22.9 Å². The van der Waals surface area contributed by atoms with Crippen LogP contribution in [0.4, 0.5) is 5.13 Å². The molecule has 180 valence electrons. The number of Topliss-reactive ketones (excluding diaryl/α,β-unsaturated/α-hetero) is 1. The number of rotatable bonds is 8. The topological polar surface area (TPSA) is 126 Å². The van der Waals surface area contributed by atoms with Gasteiger partial charge in [-0.15, -0.1) is 11.3 Å². The molecule has 0 radical (unpaired) electrons. The van der Waals surface area contributed by atoms with E-state index in [9.17, 15) is 19.5 Å². The number of ketones is 1. The Bertz CT molecular complexity index is 1410. The maximum absolute atomic E-state index is 13.5. The number of thiazole rings is 1. The van der Waals surface area contributed by atoms with Crippen molar-refractivity contribution >= 4 is 28.2 Å². The zero-order valence-electron chi connectivity index (χ0n) is 19.3. The summed E-state index contributed by atoms with van der Waals surface area (Å²) >= 11 is 1.11. The molecular formula is C25H24N4O5S. The highest BCUT2D eigenvalue weighted by atomic mass is 32.1. The van der Waals surface area contributed by atoms with Crippen molar-refractivity contribution in [2.45, 2.75) is 25.8 Å². The van der Waals surface area contributed by atoms with E-state index in [1.807, 2.05) is 30.3 Å². The Labute approximate surface area is 205 Å². The first kappa shape index (κ1) is 24.0. The second-order valence-electron chi connectivity index (χ2n) is 7.95. The number of carbonyl (C=O) groups excluding carboxylic acids is 2. The maximum Gasteiger partial charge on any atom is 0.329 e. The third kappa shape index (κ3) is 4.87. The van der Waals surface area contributed by atoms with Gasteiger partial charge in [-0.05, 0) is 29.8 Å². The molecule has 2 heterocycles. The molecule has 0 saturated heterocycles. The van der Waals surface area contributed by atoms with Crippen molar-refractivity contribution < 1.29 is 19.4 Å². The highest BCUT2D eigenvalue weighted by Crippen LogP contribution is 2.35. The van der Waals surface area contributed by atoms with E-state index in [2.05, 4.69) is 15.3 Å². The fraction of sp³-hybridized carbons (Fsp3) is 0.200. The first-order valence-corrected chi connectivity index (χ1v) is 11.7. The Morgan fingerprint density at radius 1 is 1.14 bits per heavy atom. The number of aromatic hydroxyl groups is 1. The van der Waals surface area contributed by atoms with E-state index in [-0.39, 0.29) is 28.2 Å². The summed E-state index contributed by atoms with van der Waals surface area (Å²) in [7, 11) is 1.54. The number of nitrogens with zero attached hydrogens (tertiary/aromatic N) is 2. The molecule has 0 aliphatic heterocycles. The molecule has 0 bridgehead atoms. The number of amides is 1. The van der Waals surface area contributed by atoms with Crippen LogP contribution in [-0.2, 0) is 4.79 Å². The first-order valence-electron chi connectivity index (χ1n) is 10.8. The van der Waals surface area contributed by atoms with Crippen molar-refractivity contribution in [3.05, 3.63) is 81.7 Å². The largest absolute Gasteiger partial charge is 0.497 e. The van der Waals surface area contributed by atoms with Crippen LogP contribution in [0.15, 0.2) is 64.8 Å². The number of anilines is 1. The second-order valence-corrected chi connectivity index (χ2v) is 8.81. The van der Waals surface area contributed by atoms with Gasteiger partial charge in [0.05, 0.1) is 7.11 Å². The number of benzene rings is 2. The number of aromatic amines is 1. The Balaban J connectivity index is 1.77. The Morgan fingerprint density at radius 2 is 1.83 bits per heavy atom. The summed E-state index contributed by atoms with van der Waals surface area (Å²) in [6.45, 7) is 3.19. The number of nitrogens with one attached hydrogen (secondary N) is 2. The monoisotopic (exact) mass is 492 g/mol. The minimum Gasteiger partial charge on any atom is -0.497 e. The van der Waals surface area contributed by atoms with Gasteiger partial charge in [0.1, 0.15) is 23.2 Å². The van der Waals surface area contributed by atoms with E-state index in [1.54, 1.807) is 43.7 Å². The molecule has 1 amide bonds. The van der Waals surface area contributed by atoms with E-state index < -0.39 is 23.6 Å². The maximum atomic E-state index is 13.5. The lowest BCUT2D eigenvalue weighted by Gasteiger charge is -2.24. The highest BCUT2D eigenvalue weighted by molar-refractivity contribution is 7.14. The van der Waals surface area contributed by atoms with Crippen LogP contribution in [-0.4, -0.2) is 38.4 Å². The van der Waals surface area contributed by atoms with Crippen LogP contribution in [0.5, 0.6) is 11.6 Å². The van der Waals surface area contributed by atoms with Gasteiger partial charge in [-0.2, -0.15) is 0 Å². The van der Waals surface area contributed by atoms with Crippen molar-refractivity contribution in [2.75, 3.05) is 12.4 Å². The van der Waals surface area contributed by atoms with Crippen LogP contribution in [0, 0.1) is 0 Å². The van der Waals surface area contributed by atoms with Crippen molar-refractivity contribution in [1.29, 1.82) is 0 Å². The number of ether oxygens (including phenoxy) is 1. The number of imidazole rings is 1. The van der Waals surface area contributed by atoms with E-state index in [0.29, 0.717) is 11.3 Å². The molecule has 2 atom stereocenters. The van der Waals surface area contributed by atoms with E-state index in [1.165, 1.54) is 6.92 Å². The van der Waals surface area contributed by atoms with Crippen LogP contribution in [0.1, 0.15) is 41.9 Å². The van der Waals surface area contributed by atoms with Crippen LogP contribution in [0.3, 0.4) is 0 Å². The summed E-state index contributed by atoms with van der Waals surface area (Å²) in [5.74, 6) is -1.01. The average molecular weight is 493 g/mol. The molecule has 0 fully saturated rings. The summed E-state index contributed by atoms with van der Waals surface area (Å²) in [4.78, 5) is 45.0. The molecule has 0 spiro atoms. The summed E-state index contributed by atoms with van der Waals surface area (Å²) < 4.78 is 6.22. The molecule has 9 nitrogen and oxygen atoms in total. The third-order valence-electron chi connectivity index (χ3n) is 5.72. The van der Waals surface area contributed by atoms with Gasteiger partial charge in [0.25, 0.3) is 0 Å². The van der Waals surface area contributed by atoms with Gasteiger partial charge in [0.2, 0.25) is 11.8 Å². The van der Waals surface area contributed by atoms with Gasteiger partial charge in [0, 0.05) is 23.8 Å². The Hall–Kier alpha value is -4.18. The van der Waals surface area contributed by atoms with Crippen LogP contribution in [0.2, 0.25) is 0 Å². The van der Waals surface area contributed by atoms with Crippen molar-refractivity contribution in [3.63, 3.8) is 0 Å². The fourth-order valence-corrected chi connectivity index (χ4v) is 4.59. The predicted octanol–water partition coefficient (Wildman–Crippen LogP) is 4.20. The molecule has 0 unspecified atom stereocenters. The standard InChI is InChI=1S/C25H24N4O5S/c1-14(16-7-5-4-6-8-16)21(22(31)28-24-26-19(13-35-24)15(2)30)29-23(32)20(27-25(29)33)17-9-11-18(34-3)12-10-17/h4-14,21,32H,1-3H3,(H,27,33)(H,26,28,31)/t14-,21-/m0/s1. The number of hydrogen-bond acceptors (Lipinski definition) is 7. The second kappa shape index (κ2) is 9.98. The normalized spacial score (nSPS) is 12.7. The van der Waals surface area contributed by atoms with Gasteiger partial charge in [-0.1, -0.05) is 37.3 Å². The fourth-order valence-electron chi connectivity index (χ4n) is 3.84. The molecule has 4 aromatic rings. The van der Waals surface area contributed by atoms with E-state index in [4.69, 9.17) is 4.74 Å². The molecule has 10 heteroatoms. The average Bonchev–Trinajstić information content (AvgIpc) is 3.45. The number of H-pyrrole nitrogens is 1. The molecule has 35 heavy (non-hydrogen) atoms. The Morgan fingerprint density at radius 3 is 2.43 bits per heavy atom. The quantitative estimate of drug-likeness (QED) is 0.317. The molecule has 0 aliphatic rings. The number of aromatic nitrogens is 3. The summed E-state index contributed by atoms with van der Waals surface area (Å²) in [5.41, 5.74) is 1.14. The molecule has 3 N–H and O–H groups in total. The minimum absolute atomic E-state index is 0.184. The zero-order valence-corrected chi connectivity index (χ0v) is 20.1. The first-order chi connectivity index (χ1) is 16.8. The van der Waals surface area contributed by atoms with Crippen molar-refractivity contribution in [2.24, 2.45) is 0 Å². The van der Waals surface area contributed by atoms with Gasteiger partial charge in [-0.25, -0.2) is 14.3 Å². The molecule has 2 aromatic carbocycles. The molecule has 2 aromatic heterocycles. The predicted molar refractivity (Wildman–Crippen MR) is 133 cm³/mol. The summed E-state index contributed by atoms with van der Waals surface area (Å²) in [6, 6.07) is 14.9. The summed E-state index contributed by atoms with van der Waals surface area (Å²) in [6.07, 6.45) is 0. The lowest BCUT2D eigenvalue weighted by molar-refractivity contribution is -0.120. The molecule has 0 saturated carbocycles. The number of hydrogen-bond donors (Lipinski definition) is 3. The Kier molecular flexibility index (Phi) is 6.83. The van der Waals surface area contributed by atoms with E-state index in [0.717, 1.165) is 21.5 Å². The van der Waals surface area contributed by atoms with Crippen LogP contribution in [0.25, 0.3) is 11.3 Å². The number of methoxy groups -OCH3 is 1. The smallest absolute Gasteiger partial charge is 0.329 e. The highest BCUT2D eigenvalue weighted by Gasteiger charge is 2.33. The van der Waals surface area contributed by atoms with E-state index >= 15 is 0 Å². The van der Waals surface area contributed by atoms with Gasteiger partial charge in [0.15, 0.2) is 10.9 Å². The van der Waals surface area contributed by atoms with Gasteiger partial charge in [-0.3, -0.25) is 9.59 Å². The minimum atomic E-state index is -1.11. The molecule has 0 aliphatic carbocycles. The van der Waals surface area contributed by atoms with Gasteiger partial charge < -0.3 is 20.1 Å². The molecule has 4 rings (SSSR count). The van der Waals surface area contributed by atoms with Crippen LogP contribution >= 0.6 is 11.3 Å². The molecular weight excluding hydrogens is 468 g/mol. The van der Waals surface area contributed by atoms with Crippen molar-refractivity contribution in [1.82, 2.24) is 14.5 Å².